The number of halogens is 2. The van der Waals surface area contributed by atoms with Crippen LogP contribution in [0.25, 0.3) is 0 Å². The molecule has 1 atom stereocenters. The van der Waals surface area contributed by atoms with Crippen LogP contribution in [-0.2, 0) is 26.2 Å². The zero-order valence-electron chi connectivity index (χ0n) is 22.1. The van der Waals surface area contributed by atoms with E-state index in [4.69, 9.17) is 27.9 Å². The smallest absolute Gasteiger partial charge is 0.264 e. The molecule has 0 aliphatic rings. The van der Waals surface area contributed by atoms with Gasteiger partial charge in [-0.2, -0.15) is 0 Å². The molecule has 1 N–H and O–H groups in total. The van der Waals surface area contributed by atoms with Crippen molar-refractivity contribution >= 4 is 50.7 Å². The van der Waals surface area contributed by atoms with Gasteiger partial charge in [0, 0.05) is 17.6 Å². The summed E-state index contributed by atoms with van der Waals surface area (Å²) in [7, 11) is -2.70. The van der Waals surface area contributed by atoms with Gasteiger partial charge in [0.25, 0.3) is 10.0 Å². The third kappa shape index (κ3) is 7.65. The monoisotopic (exact) mass is 591 g/mol. The van der Waals surface area contributed by atoms with Crippen molar-refractivity contribution in [3.63, 3.8) is 0 Å². The number of methoxy groups -OCH3 is 1. The molecule has 11 heteroatoms. The Bertz CT molecular complexity index is 1400. The molecule has 0 aliphatic carbocycles. The van der Waals surface area contributed by atoms with E-state index >= 15 is 0 Å². The first-order valence-electron chi connectivity index (χ1n) is 12.2. The summed E-state index contributed by atoms with van der Waals surface area (Å²) in [5, 5.41) is 3.16. The molecule has 0 heterocycles. The number of nitrogens with one attached hydrogen (secondary N) is 1. The van der Waals surface area contributed by atoms with Crippen LogP contribution in [0.2, 0.25) is 10.0 Å². The van der Waals surface area contributed by atoms with E-state index in [1.54, 1.807) is 56.5 Å². The fourth-order valence-electron chi connectivity index (χ4n) is 3.83. The highest BCUT2D eigenvalue weighted by Gasteiger charge is 2.33. The minimum absolute atomic E-state index is 0.0267. The van der Waals surface area contributed by atoms with Crippen molar-refractivity contribution in [2.45, 2.75) is 44.3 Å². The molecule has 8 nitrogen and oxygen atoms in total. The Morgan fingerprint density at radius 1 is 0.949 bits per heavy atom. The number of anilines is 1. The number of carbonyl (C=O) groups is 2. The molecular weight excluding hydrogens is 561 g/mol. The van der Waals surface area contributed by atoms with Gasteiger partial charge in [-0.1, -0.05) is 53.5 Å². The summed E-state index contributed by atoms with van der Waals surface area (Å²) in [6.45, 7) is 4.66. The van der Waals surface area contributed by atoms with Gasteiger partial charge in [0.2, 0.25) is 11.8 Å². The van der Waals surface area contributed by atoms with Gasteiger partial charge >= 0.3 is 0 Å². The molecule has 0 saturated heterocycles. The summed E-state index contributed by atoms with van der Waals surface area (Å²) in [4.78, 5) is 28.2. The zero-order chi connectivity index (χ0) is 28.7. The maximum absolute atomic E-state index is 13.9. The molecular formula is C28H31Cl2N3O5S. The van der Waals surface area contributed by atoms with E-state index in [1.165, 1.54) is 35.2 Å². The average molecular weight is 593 g/mol. The molecule has 0 bridgehead atoms. The van der Waals surface area contributed by atoms with E-state index in [-0.39, 0.29) is 39.1 Å². The van der Waals surface area contributed by atoms with Crippen molar-refractivity contribution in [1.82, 2.24) is 10.2 Å². The molecule has 0 spiro atoms. The van der Waals surface area contributed by atoms with Crippen LogP contribution in [0, 0.1) is 0 Å². The van der Waals surface area contributed by atoms with Crippen LogP contribution in [0.1, 0.15) is 26.3 Å². The maximum atomic E-state index is 13.9. The first-order valence-corrected chi connectivity index (χ1v) is 14.4. The van der Waals surface area contributed by atoms with E-state index in [0.29, 0.717) is 5.75 Å². The van der Waals surface area contributed by atoms with E-state index in [1.807, 2.05) is 13.8 Å². The first kappa shape index (κ1) is 30.3. The second-order valence-corrected chi connectivity index (χ2v) is 11.8. The molecule has 2 amide bonds. The van der Waals surface area contributed by atoms with Crippen molar-refractivity contribution in [2.24, 2.45) is 0 Å². The van der Waals surface area contributed by atoms with Gasteiger partial charge in [-0.25, -0.2) is 8.42 Å². The molecule has 0 aromatic heterocycles. The zero-order valence-corrected chi connectivity index (χ0v) is 24.4. The second kappa shape index (κ2) is 13.2. The lowest BCUT2D eigenvalue weighted by molar-refractivity contribution is -0.139. The Kier molecular flexibility index (Phi) is 10.2. The Labute approximate surface area is 239 Å². The summed E-state index contributed by atoms with van der Waals surface area (Å²) >= 11 is 12.6. The average Bonchev–Trinajstić information content (AvgIpc) is 2.91. The van der Waals surface area contributed by atoms with Gasteiger partial charge in [-0.15, -0.1) is 0 Å². The van der Waals surface area contributed by atoms with Crippen LogP contribution in [0.5, 0.6) is 5.75 Å². The van der Waals surface area contributed by atoms with Crippen LogP contribution < -0.4 is 14.4 Å². The van der Waals surface area contributed by atoms with Gasteiger partial charge in [-0.05, 0) is 68.8 Å². The second-order valence-electron chi connectivity index (χ2n) is 9.13. The third-order valence-electron chi connectivity index (χ3n) is 5.90. The van der Waals surface area contributed by atoms with E-state index in [2.05, 4.69) is 5.32 Å². The summed E-state index contributed by atoms with van der Waals surface area (Å²) in [5.74, 6) is -0.337. The number of carbonyl (C=O) groups excluding carboxylic acids is 2. The fourth-order valence-corrected chi connectivity index (χ4v) is 5.71. The number of hydrogen-bond donors (Lipinski definition) is 1. The Morgan fingerprint density at radius 2 is 1.59 bits per heavy atom. The minimum Gasteiger partial charge on any atom is -0.497 e. The molecule has 0 radical (unpaired) electrons. The Morgan fingerprint density at radius 3 is 2.18 bits per heavy atom. The van der Waals surface area contributed by atoms with Crippen LogP contribution in [-0.4, -0.2) is 50.9 Å². The number of nitrogens with zero attached hydrogens (tertiary/aromatic N) is 2. The highest BCUT2D eigenvalue weighted by Crippen LogP contribution is 2.33. The standard InChI is InChI=1S/C28H31Cl2N3O5S/c1-19(2)31-28(35)20(3)32(17-21-10-13-23(38-4)14-11-21)27(34)18-33(26-16-22(29)12-15-25(26)30)39(36,37)24-8-6-5-7-9-24/h5-16,19-20H,17-18H2,1-4H3,(H,31,35)/t20-/m1/s1. The van der Waals surface area contributed by atoms with E-state index < -0.39 is 28.5 Å². The van der Waals surface area contributed by atoms with Crippen molar-refractivity contribution in [2.75, 3.05) is 18.0 Å². The number of ether oxygens (including phenoxy) is 1. The number of sulfonamides is 1. The number of hydrogen-bond acceptors (Lipinski definition) is 5. The van der Waals surface area contributed by atoms with E-state index in [9.17, 15) is 18.0 Å². The predicted molar refractivity (Wildman–Crippen MR) is 154 cm³/mol. The highest BCUT2D eigenvalue weighted by atomic mass is 35.5. The Balaban J connectivity index is 2.05. The number of benzene rings is 3. The van der Waals surface area contributed by atoms with Crippen molar-refractivity contribution in [3.05, 3.63) is 88.4 Å². The summed E-state index contributed by atoms with van der Waals surface area (Å²) in [6.07, 6.45) is 0. The minimum atomic E-state index is -4.24. The molecule has 3 aromatic rings. The molecule has 208 valence electrons. The predicted octanol–water partition coefficient (Wildman–Crippen LogP) is 5.14. The van der Waals surface area contributed by atoms with Crippen LogP contribution in [0.3, 0.4) is 0 Å². The molecule has 3 aromatic carbocycles. The first-order chi connectivity index (χ1) is 18.4. The van der Waals surface area contributed by atoms with E-state index in [0.717, 1.165) is 9.87 Å². The molecule has 0 unspecified atom stereocenters. The van der Waals surface area contributed by atoms with Gasteiger partial charge in [0.1, 0.15) is 18.3 Å². The summed E-state index contributed by atoms with van der Waals surface area (Å²) in [5.41, 5.74) is 0.775. The fraction of sp³-hybridized carbons (Fsp3) is 0.286. The lowest BCUT2D eigenvalue weighted by atomic mass is 10.1. The molecule has 0 aliphatic heterocycles. The topological polar surface area (TPSA) is 96.0 Å². The number of rotatable bonds is 11. The van der Waals surface area contributed by atoms with Crippen molar-refractivity contribution in [3.8, 4) is 5.75 Å². The van der Waals surface area contributed by atoms with Crippen LogP contribution >= 0.6 is 23.2 Å². The largest absolute Gasteiger partial charge is 0.497 e. The lowest BCUT2D eigenvalue weighted by Crippen LogP contribution is -2.52. The van der Waals surface area contributed by atoms with Gasteiger partial charge in [0.15, 0.2) is 0 Å². The van der Waals surface area contributed by atoms with Crippen molar-refractivity contribution < 1.29 is 22.7 Å². The van der Waals surface area contributed by atoms with Gasteiger partial charge in [0.05, 0.1) is 22.7 Å². The van der Waals surface area contributed by atoms with Gasteiger partial charge in [-0.3, -0.25) is 13.9 Å². The molecule has 0 saturated carbocycles. The third-order valence-corrected chi connectivity index (χ3v) is 8.23. The molecule has 3 rings (SSSR count). The molecule has 39 heavy (non-hydrogen) atoms. The number of amides is 2. The van der Waals surface area contributed by atoms with Gasteiger partial charge < -0.3 is 15.0 Å². The SMILES string of the molecule is COc1ccc(CN(C(=O)CN(c2cc(Cl)ccc2Cl)S(=O)(=O)c2ccccc2)[C@H](C)C(=O)NC(C)C)cc1. The van der Waals surface area contributed by atoms with Crippen LogP contribution in [0.4, 0.5) is 5.69 Å². The summed E-state index contributed by atoms with van der Waals surface area (Å²) < 4.78 is 33.7. The lowest BCUT2D eigenvalue weighted by Gasteiger charge is -2.32. The normalized spacial score (nSPS) is 12.1. The Hall–Kier alpha value is -3.27. The summed E-state index contributed by atoms with van der Waals surface area (Å²) in [6, 6.07) is 18.1. The molecule has 0 fully saturated rings. The van der Waals surface area contributed by atoms with Crippen LogP contribution in [0.15, 0.2) is 77.7 Å². The quantitative estimate of drug-likeness (QED) is 0.333. The van der Waals surface area contributed by atoms with Crippen molar-refractivity contribution in [1.29, 1.82) is 0 Å². The maximum Gasteiger partial charge on any atom is 0.264 e. The highest BCUT2D eigenvalue weighted by molar-refractivity contribution is 7.92.